The molecule has 0 spiro atoms. The summed E-state index contributed by atoms with van der Waals surface area (Å²) in [5, 5.41) is 0.731. The molecule has 0 atom stereocenters. The van der Waals surface area contributed by atoms with Crippen molar-refractivity contribution in [3.05, 3.63) is 70.1 Å². The van der Waals surface area contributed by atoms with Gasteiger partial charge in [-0.3, -0.25) is 20.4 Å². The Morgan fingerprint density at radius 3 is 2.43 bits per heavy atom. The zero-order valence-corrected chi connectivity index (χ0v) is 13.3. The van der Waals surface area contributed by atoms with Crippen LogP contribution in [0.25, 0.3) is 10.9 Å². The third-order valence-corrected chi connectivity index (χ3v) is 3.79. The van der Waals surface area contributed by atoms with E-state index in [4.69, 9.17) is 0 Å². The topological polar surface area (TPSA) is 74.0 Å². The van der Waals surface area contributed by atoms with Gasteiger partial charge in [0.05, 0.1) is 11.1 Å². The highest BCUT2D eigenvalue weighted by molar-refractivity contribution is 9.10. The van der Waals surface area contributed by atoms with E-state index >= 15 is 0 Å². The molecule has 1 heterocycles. The van der Waals surface area contributed by atoms with Crippen LogP contribution in [0.3, 0.4) is 0 Å². The van der Waals surface area contributed by atoms with Crippen LogP contribution in [0, 0.1) is 5.82 Å². The highest BCUT2D eigenvalue weighted by Gasteiger charge is 2.15. The maximum absolute atomic E-state index is 13.7. The van der Waals surface area contributed by atoms with Gasteiger partial charge in [0, 0.05) is 21.6 Å². The Bertz CT molecular complexity index is 907. The van der Waals surface area contributed by atoms with Gasteiger partial charge in [0.2, 0.25) is 0 Å². The molecule has 3 N–H and O–H groups in total. The highest BCUT2D eigenvalue weighted by atomic mass is 79.9. The van der Waals surface area contributed by atoms with Crippen LogP contribution in [-0.2, 0) is 0 Å². The van der Waals surface area contributed by atoms with Gasteiger partial charge in [-0.05, 0) is 24.3 Å². The third kappa shape index (κ3) is 3.09. The lowest BCUT2D eigenvalue weighted by Crippen LogP contribution is -2.41. The number of carbonyl (C=O) groups excluding carboxylic acids is 2. The molecule has 23 heavy (non-hydrogen) atoms. The van der Waals surface area contributed by atoms with Gasteiger partial charge < -0.3 is 4.98 Å². The van der Waals surface area contributed by atoms with E-state index in [1.807, 2.05) is 18.2 Å². The van der Waals surface area contributed by atoms with Gasteiger partial charge in [-0.25, -0.2) is 4.39 Å². The van der Waals surface area contributed by atoms with Crippen molar-refractivity contribution in [3.63, 3.8) is 0 Å². The highest BCUT2D eigenvalue weighted by Crippen LogP contribution is 2.17. The molecule has 5 nitrogen and oxygen atoms in total. The first-order valence-electron chi connectivity index (χ1n) is 6.68. The van der Waals surface area contributed by atoms with Crippen molar-refractivity contribution in [2.45, 2.75) is 0 Å². The van der Waals surface area contributed by atoms with E-state index in [2.05, 4.69) is 31.8 Å². The third-order valence-electron chi connectivity index (χ3n) is 3.30. The number of hydrazine groups is 1. The maximum atomic E-state index is 13.7. The standard InChI is InChI=1S/C16H11BrFN3O2/c17-9-5-6-11(13(18)7-9)15(22)20-21-16(23)12-8-19-14-4-2-1-3-10(12)14/h1-8,19H,(H,20,22)(H,21,23). The summed E-state index contributed by atoms with van der Waals surface area (Å²) in [6.07, 6.45) is 1.55. The van der Waals surface area contributed by atoms with E-state index in [9.17, 15) is 14.0 Å². The van der Waals surface area contributed by atoms with Crippen molar-refractivity contribution < 1.29 is 14.0 Å². The first-order chi connectivity index (χ1) is 11.1. The number of aromatic amines is 1. The lowest BCUT2D eigenvalue weighted by Gasteiger charge is -2.07. The second-order valence-electron chi connectivity index (χ2n) is 4.78. The summed E-state index contributed by atoms with van der Waals surface area (Å²) in [6.45, 7) is 0. The molecule has 0 fully saturated rings. The fourth-order valence-corrected chi connectivity index (χ4v) is 2.51. The van der Waals surface area contributed by atoms with Crippen LogP contribution >= 0.6 is 15.9 Å². The van der Waals surface area contributed by atoms with Crippen LogP contribution in [0.5, 0.6) is 0 Å². The second kappa shape index (κ2) is 6.21. The van der Waals surface area contributed by atoms with Crippen LogP contribution in [0.1, 0.15) is 20.7 Å². The SMILES string of the molecule is O=C(NNC(=O)c1c[nH]c2ccccc12)c1ccc(Br)cc1F. The van der Waals surface area contributed by atoms with E-state index in [-0.39, 0.29) is 5.56 Å². The molecular weight excluding hydrogens is 365 g/mol. The molecule has 3 aromatic rings. The van der Waals surface area contributed by atoms with Crippen molar-refractivity contribution >= 4 is 38.6 Å². The normalized spacial score (nSPS) is 10.5. The van der Waals surface area contributed by atoms with E-state index < -0.39 is 17.6 Å². The second-order valence-corrected chi connectivity index (χ2v) is 5.70. The molecule has 0 aliphatic carbocycles. The summed E-state index contributed by atoms with van der Waals surface area (Å²) in [5.74, 6) is -1.91. The Labute approximate surface area is 139 Å². The smallest absolute Gasteiger partial charge is 0.272 e. The van der Waals surface area contributed by atoms with Crippen molar-refractivity contribution in [1.82, 2.24) is 15.8 Å². The minimum Gasteiger partial charge on any atom is -0.360 e. The number of rotatable bonds is 2. The number of para-hydroxylation sites is 1. The molecule has 116 valence electrons. The summed E-state index contributed by atoms with van der Waals surface area (Å²) < 4.78 is 14.2. The zero-order valence-electron chi connectivity index (χ0n) is 11.7. The summed E-state index contributed by atoms with van der Waals surface area (Å²) >= 11 is 3.11. The van der Waals surface area contributed by atoms with Crippen molar-refractivity contribution in [2.24, 2.45) is 0 Å². The van der Waals surface area contributed by atoms with E-state index in [1.165, 1.54) is 12.1 Å². The van der Waals surface area contributed by atoms with Crippen molar-refractivity contribution in [3.8, 4) is 0 Å². The number of benzene rings is 2. The number of hydrogen-bond acceptors (Lipinski definition) is 2. The number of hydrogen-bond donors (Lipinski definition) is 3. The molecule has 0 bridgehead atoms. The molecule has 2 amide bonds. The first-order valence-corrected chi connectivity index (χ1v) is 7.47. The molecule has 0 aliphatic rings. The Hall–Kier alpha value is -2.67. The van der Waals surface area contributed by atoms with Crippen molar-refractivity contribution in [1.29, 1.82) is 0 Å². The molecule has 7 heteroatoms. The fraction of sp³-hybridized carbons (Fsp3) is 0. The fourth-order valence-electron chi connectivity index (χ4n) is 2.18. The zero-order chi connectivity index (χ0) is 16.4. The predicted octanol–water partition coefficient (Wildman–Crippen LogP) is 3.14. The van der Waals surface area contributed by atoms with Crippen LogP contribution in [0.15, 0.2) is 53.1 Å². The molecule has 0 saturated carbocycles. The molecular formula is C16H11BrFN3O2. The van der Waals surface area contributed by atoms with Gasteiger partial charge in [0.15, 0.2) is 0 Å². The van der Waals surface area contributed by atoms with Gasteiger partial charge in [0.1, 0.15) is 5.82 Å². The minimum absolute atomic E-state index is 0.160. The lowest BCUT2D eigenvalue weighted by molar-refractivity contribution is 0.0845. The summed E-state index contributed by atoms with van der Waals surface area (Å²) in [7, 11) is 0. The summed E-state index contributed by atoms with van der Waals surface area (Å²) in [5.41, 5.74) is 5.52. The molecule has 0 radical (unpaired) electrons. The Morgan fingerprint density at radius 2 is 1.70 bits per heavy atom. The summed E-state index contributed by atoms with van der Waals surface area (Å²) in [6, 6.07) is 11.3. The van der Waals surface area contributed by atoms with E-state index in [0.717, 1.165) is 10.9 Å². The average molecular weight is 376 g/mol. The van der Waals surface area contributed by atoms with Gasteiger partial charge in [-0.15, -0.1) is 0 Å². The molecule has 3 rings (SSSR count). The number of halogens is 2. The van der Waals surface area contributed by atoms with Gasteiger partial charge in [-0.1, -0.05) is 34.1 Å². The average Bonchev–Trinajstić information content (AvgIpc) is 2.96. The Morgan fingerprint density at radius 1 is 1.00 bits per heavy atom. The number of aromatic nitrogens is 1. The first kappa shape index (κ1) is 15.2. The Balaban J connectivity index is 1.72. The molecule has 2 aromatic carbocycles. The quantitative estimate of drug-likeness (QED) is 0.602. The Kier molecular flexibility index (Phi) is 4.12. The largest absolute Gasteiger partial charge is 0.360 e. The molecule has 0 saturated heterocycles. The van der Waals surface area contributed by atoms with Crippen LogP contribution in [-0.4, -0.2) is 16.8 Å². The van der Waals surface area contributed by atoms with Crippen LogP contribution in [0.4, 0.5) is 4.39 Å². The van der Waals surface area contributed by atoms with Crippen LogP contribution in [0.2, 0.25) is 0 Å². The van der Waals surface area contributed by atoms with Gasteiger partial charge in [0.25, 0.3) is 11.8 Å². The number of fused-ring (bicyclic) bond motifs is 1. The number of nitrogens with one attached hydrogen (secondary N) is 3. The lowest BCUT2D eigenvalue weighted by atomic mass is 10.2. The number of H-pyrrole nitrogens is 1. The van der Waals surface area contributed by atoms with Gasteiger partial charge in [-0.2, -0.15) is 0 Å². The molecule has 0 unspecified atom stereocenters. The van der Waals surface area contributed by atoms with Crippen molar-refractivity contribution in [2.75, 3.05) is 0 Å². The number of carbonyl (C=O) groups is 2. The summed E-state index contributed by atoms with van der Waals surface area (Å²) in [4.78, 5) is 27.0. The number of amides is 2. The van der Waals surface area contributed by atoms with E-state index in [1.54, 1.807) is 18.3 Å². The minimum atomic E-state index is -0.733. The van der Waals surface area contributed by atoms with Crippen LogP contribution < -0.4 is 10.9 Å². The predicted molar refractivity (Wildman–Crippen MR) is 87.3 cm³/mol. The molecule has 1 aromatic heterocycles. The molecule has 0 aliphatic heterocycles. The monoisotopic (exact) mass is 375 g/mol. The maximum Gasteiger partial charge on any atom is 0.272 e. The van der Waals surface area contributed by atoms with E-state index in [0.29, 0.717) is 10.0 Å². The van der Waals surface area contributed by atoms with Gasteiger partial charge >= 0.3 is 0 Å².